The van der Waals surface area contributed by atoms with E-state index in [1.54, 1.807) is 24.3 Å². The fourth-order valence-electron chi connectivity index (χ4n) is 4.20. The second kappa shape index (κ2) is 10.2. The van der Waals surface area contributed by atoms with Crippen LogP contribution < -0.4 is 4.74 Å². The molecule has 0 bridgehead atoms. The van der Waals surface area contributed by atoms with Crippen molar-refractivity contribution >= 4 is 5.91 Å². The Hall–Kier alpha value is -1.84. The molecule has 0 radical (unpaired) electrons. The van der Waals surface area contributed by atoms with Crippen LogP contribution in [0.15, 0.2) is 24.3 Å². The molecule has 174 valence electrons. The maximum Gasteiger partial charge on any atom is 0.422 e. The highest BCUT2D eigenvalue weighted by molar-refractivity contribution is 5.81. The molecule has 6 nitrogen and oxygen atoms in total. The van der Waals surface area contributed by atoms with Crippen LogP contribution >= 0.6 is 0 Å². The standard InChI is InChI=1S/C22H32F3N3O3/c1-16-12-28(13-17(2)31-16)21(29)18(3)27-10-8-26(9-11-27)14-19-4-6-20(7-5-19)30-15-22(23,24)25/h4-7,16-18H,8-15H2,1-3H3. The Labute approximate surface area is 181 Å². The summed E-state index contributed by atoms with van der Waals surface area (Å²) in [6.45, 7) is 9.93. The number of alkyl halides is 3. The molecule has 2 aliphatic heterocycles. The zero-order chi connectivity index (χ0) is 22.6. The van der Waals surface area contributed by atoms with Crippen molar-refractivity contribution in [2.24, 2.45) is 0 Å². The predicted octanol–water partition coefficient (Wildman–Crippen LogP) is 2.77. The van der Waals surface area contributed by atoms with Gasteiger partial charge in [-0.2, -0.15) is 13.2 Å². The van der Waals surface area contributed by atoms with Gasteiger partial charge in [-0.15, -0.1) is 0 Å². The van der Waals surface area contributed by atoms with Crippen molar-refractivity contribution in [3.05, 3.63) is 29.8 Å². The van der Waals surface area contributed by atoms with Gasteiger partial charge in [-0.05, 0) is 38.5 Å². The summed E-state index contributed by atoms with van der Waals surface area (Å²) in [6.07, 6.45) is -4.22. The van der Waals surface area contributed by atoms with Gasteiger partial charge in [-0.1, -0.05) is 12.1 Å². The maximum atomic E-state index is 12.9. The molecule has 1 amide bonds. The largest absolute Gasteiger partial charge is 0.484 e. The van der Waals surface area contributed by atoms with Crippen LogP contribution in [0.25, 0.3) is 0 Å². The fourth-order valence-corrected chi connectivity index (χ4v) is 4.20. The first kappa shape index (κ1) is 23.8. The van der Waals surface area contributed by atoms with Gasteiger partial charge < -0.3 is 14.4 Å². The molecule has 0 aliphatic carbocycles. The van der Waals surface area contributed by atoms with Crippen LogP contribution in [0, 0.1) is 0 Å². The minimum Gasteiger partial charge on any atom is -0.484 e. The van der Waals surface area contributed by atoms with E-state index in [1.807, 2.05) is 25.7 Å². The minimum absolute atomic E-state index is 0.0574. The van der Waals surface area contributed by atoms with Crippen LogP contribution in [-0.2, 0) is 16.1 Å². The van der Waals surface area contributed by atoms with Gasteiger partial charge in [0.1, 0.15) is 5.75 Å². The van der Waals surface area contributed by atoms with Gasteiger partial charge in [0.25, 0.3) is 0 Å². The number of rotatable bonds is 6. The molecule has 0 aromatic heterocycles. The molecule has 1 aromatic rings. The highest BCUT2D eigenvalue weighted by Gasteiger charge is 2.32. The second-order valence-electron chi connectivity index (χ2n) is 8.54. The van der Waals surface area contributed by atoms with Crippen molar-refractivity contribution in [3.8, 4) is 5.75 Å². The highest BCUT2D eigenvalue weighted by Crippen LogP contribution is 2.20. The number of amides is 1. The van der Waals surface area contributed by atoms with E-state index in [0.29, 0.717) is 19.6 Å². The molecule has 2 aliphatic rings. The summed E-state index contributed by atoms with van der Waals surface area (Å²) >= 11 is 0. The van der Waals surface area contributed by atoms with Crippen molar-refractivity contribution < 1.29 is 27.4 Å². The van der Waals surface area contributed by atoms with Crippen LogP contribution in [0.4, 0.5) is 13.2 Å². The Morgan fingerprint density at radius 3 is 2.23 bits per heavy atom. The summed E-state index contributed by atoms with van der Waals surface area (Å²) < 4.78 is 47.2. The normalized spacial score (nSPS) is 24.8. The van der Waals surface area contributed by atoms with Gasteiger partial charge in [0, 0.05) is 45.8 Å². The Balaban J connectivity index is 1.44. The van der Waals surface area contributed by atoms with Crippen LogP contribution in [-0.4, -0.2) is 90.9 Å². The molecule has 31 heavy (non-hydrogen) atoms. The Kier molecular flexibility index (Phi) is 7.82. The van der Waals surface area contributed by atoms with Crippen molar-refractivity contribution in [2.75, 3.05) is 45.9 Å². The van der Waals surface area contributed by atoms with E-state index in [2.05, 4.69) is 9.80 Å². The molecule has 2 fully saturated rings. The van der Waals surface area contributed by atoms with Gasteiger partial charge in [0.05, 0.1) is 18.2 Å². The van der Waals surface area contributed by atoms with Gasteiger partial charge in [-0.3, -0.25) is 14.6 Å². The third-order valence-corrected chi connectivity index (χ3v) is 5.78. The third-order valence-electron chi connectivity index (χ3n) is 5.78. The smallest absolute Gasteiger partial charge is 0.422 e. The number of hydrogen-bond donors (Lipinski definition) is 0. The van der Waals surface area contributed by atoms with E-state index in [9.17, 15) is 18.0 Å². The zero-order valence-corrected chi connectivity index (χ0v) is 18.4. The van der Waals surface area contributed by atoms with Crippen LogP contribution in [0.1, 0.15) is 26.3 Å². The number of morpholine rings is 1. The molecule has 3 unspecified atom stereocenters. The van der Waals surface area contributed by atoms with E-state index in [1.165, 1.54) is 0 Å². The molecule has 0 N–H and O–H groups in total. The summed E-state index contributed by atoms with van der Waals surface area (Å²) in [5.74, 6) is 0.370. The van der Waals surface area contributed by atoms with E-state index in [0.717, 1.165) is 31.7 Å². The SMILES string of the molecule is CC1CN(C(=O)C(C)N2CCN(Cc3ccc(OCC(F)(F)F)cc3)CC2)CC(C)O1. The van der Waals surface area contributed by atoms with Crippen LogP contribution in [0.5, 0.6) is 5.75 Å². The predicted molar refractivity (Wildman–Crippen MR) is 111 cm³/mol. The number of piperazine rings is 1. The number of carbonyl (C=O) groups excluding carboxylic acids is 1. The average molecular weight is 444 g/mol. The fraction of sp³-hybridized carbons (Fsp3) is 0.682. The molecule has 2 saturated heterocycles. The lowest BCUT2D eigenvalue weighted by Gasteiger charge is -2.41. The number of halogens is 3. The lowest BCUT2D eigenvalue weighted by atomic mass is 10.1. The van der Waals surface area contributed by atoms with E-state index >= 15 is 0 Å². The minimum atomic E-state index is -4.34. The molecule has 1 aromatic carbocycles. The molecular weight excluding hydrogens is 411 g/mol. The molecular formula is C22H32F3N3O3. The summed E-state index contributed by atoms with van der Waals surface area (Å²) in [4.78, 5) is 19.4. The molecule has 3 rings (SSSR count). The van der Waals surface area contributed by atoms with Gasteiger partial charge in [0.2, 0.25) is 5.91 Å². The van der Waals surface area contributed by atoms with E-state index in [-0.39, 0.29) is 29.9 Å². The lowest BCUT2D eigenvalue weighted by molar-refractivity contribution is -0.153. The van der Waals surface area contributed by atoms with Gasteiger partial charge in [0.15, 0.2) is 6.61 Å². The van der Waals surface area contributed by atoms with Crippen molar-refractivity contribution in [2.45, 2.75) is 51.7 Å². The second-order valence-corrected chi connectivity index (χ2v) is 8.54. The average Bonchev–Trinajstić information content (AvgIpc) is 2.71. The first-order chi connectivity index (χ1) is 14.6. The third kappa shape index (κ3) is 7.08. The molecule has 3 atom stereocenters. The molecule has 9 heteroatoms. The summed E-state index contributed by atoms with van der Waals surface area (Å²) in [5.41, 5.74) is 1.02. The summed E-state index contributed by atoms with van der Waals surface area (Å²) in [5, 5.41) is 0. The first-order valence-corrected chi connectivity index (χ1v) is 10.8. The molecule has 2 heterocycles. The maximum absolute atomic E-state index is 12.9. The van der Waals surface area contributed by atoms with Gasteiger partial charge in [-0.25, -0.2) is 0 Å². The van der Waals surface area contributed by atoms with Crippen molar-refractivity contribution in [3.63, 3.8) is 0 Å². The topological polar surface area (TPSA) is 45.3 Å². The van der Waals surface area contributed by atoms with Crippen LogP contribution in [0.2, 0.25) is 0 Å². The monoisotopic (exact) mass is 443 g/mol. The quantitative estimate of drug-likeness (QED) is 0.677. The Morgan fingerprint density at radius 2 is 1.68 bits per heavy atom. The molecule has 0 saturated carbocycles. The summed E-state index contributed by atoms with van der Waals surface area (Å²) in [7, 11) is 0. The number of hydrogen-bond acceptors (Lipinski definition) is 5. The Bertz CT molecular complexity index is 711. The van der Waals surface area contributed by atoms with E-state index < -0.39 is 12.8 Å². The van der Waals surface area contributed by atoms with Crippen molar-refractivity contribution in [1.82, 2.24) is 14.7 Å². The number of nitrogens with zero attached hydrogens (tertiary/aromatic N) is 3. The number of carbonyl (C=O) groups is 1. The van der Waals surface area contributed by atoms with E-state index in [4.69, 9.17) is 9.47 Å². The molecule has 0 spiro atoms. The lowest BCUT2D eigenvalue weighted by Crippen LogP contribution is -2.57. The van der Waals surface area contributed by atoms with Crippen LogP contribution in [0.3, 0.4) is 0 Å². The highest BCUT2D eigenvalue weighted by atomic mass is 19.4. The number of benzene rings is 1. The first-order valence-electron chi connectivity index (χ1n) is 10.8. The Morgan fingerprint density at radius 1 is 1.10 bits per heavy atom. The van der Waals surface area contributed by atoms with Crippen molar-refractivity contribution in [1.29, 1.82) is 0 Å². The number of ether oxygens (including phenoxy) is 2. The summed E-state index contributed by atoms with van der Waals surface area (Å²) in [6, 6.07) is 6.57. The van der Waals surface area contributed by atoms with Gasteiger partial charge >= 0.3 is 6.18 Å². The zero-order valence-electron chi connectivity index (χ0n) is 18.4.